The predicted molar refractivity (Wildman–Crippen MR) is 231 cm³/mol. The largest absolute Gasteiger partial charge is 0.461 e. The molecule has 0 unspecified atom stereocenters. The molecule has 57 heavy (non-hydrogen) atoms. The zero-order valence-corrected chi connectivity index (χ0v) is 31.5. The molecule has 1 aliphatic heterocycles. The van der Waals surface area contributed by atoms with E-state index in [1.54, 1.807) is 0 Å². The van der Waals surface area contributed by atoms with Crippen molar-refractivity contribution in [2.45, 2.75) is 37.0 Å². The van der Waals surface area contributed by atoms with Crippen molar-refractivity contribution in [3.8, 4) is 50.8 Å². The monoisotopic (exact) mass is 730 g/mol. The molecular weight excluding hydrogens is 693 g/mol. The summed E-state index contributed by atoms with van der Waals surface area (Å²) in [6, 6.07) is 52.7. The van der Waals surface area contributed by atoms with Crippen molar-refractivity contribution < 1.29 is 4.74 Å². The molecule has 4 aliphatic carbocycles. The van der Waals surface area contributed by atoms with Gasteiger partial charge in [-0.2, -0.15) is 0 Å². The molecule has 6 aromatic carbocycles. The number of nitrogens with zero attached hydrogens (tertiary/aromatic N) is 2. The third-order valence-corrected chi connectivity index (χ3v) is 12.8. The first-order chi connectivity index (χ1) is 28.2. The van der Waals surface area contributed by atoms with E-state index in [0.717, 1.165) is 71.1 Å². The van der Waals surface area contributed by atoms with Crippen LogP contribution in [0.3, 0.4) is 0 Å². The van der Waals surface area contributed by atoms with Crippen molar-refractivity contribution in [2.75, 3.05) is 0 Å². The minimum absolute atomic E-state index is 0.449. The average Bonchev–Trinajstić information content (AvgIpc) is 3.57. The van der Waals surface area contributed by atoms with E-state index in [-0.39, 0.29) is 0 Å². The third-order valence-electron chi connectivity index (χ3n) is 12.8. The van der Waals surface area contributed by atoms with E-state index in [2.05, 4.69) is 170 Å². The Labute approximate surface area is 333 Å². The lowest BCUT2D eigenvalue weighted by Gasteiger charge is -2.42. The summed E-state index contributed by atoms with van der Waals surface area (Å²) >= 11 is 0. The zero-order chi connectivity index (χ0) is 37.5. The van der Waals surface area contributed by atoms with Crippen LogP contribution in [0.2, 0.25) is 0 Å². The molecule has 0 N–H and O–H groups in total. The second-order valence-electron chi connectivity index (χ2n) is 15.9. The van der Waals surface area contributed by atoms with Gasteiger partial charge in [0.25, 0.3) is 0 Å². The van der Waals surface area contributed by atoms with Crippen LogP contribution in [0.15, 0.2) is 175 Å². The summed E-state index contributed by atoms with van der Waals surface area (Å²) in [7, 11) is 0. The number of aromatic nitrogens is 2. The molecule has 5 aliphatic rings. The van der Waals surface area contributed by atoms with E-state index >= 15 is 0 Å². The molecule has 0 saturated heterocycles. The van der Waals surface area contributed by atoms with Crippen molar-refractivity contribution in [3.05, 3.63) is 214 Å². The molecule has 0 fully saturated rings. The predicted octanol–water partition coefficient (Wildman–Crippen LogP) is 13.2. The number of allylic oxidation sites excluding steroid dienone is 6. The second kappa shape index (κ2) is 12.6. The summed E-state index contributed by atoms with van der Waals surface area (Å²) in [6.45, 7) is 0. The first-order valence-corrected chi connectivity index (χ1v) is 20.2. The smallest absolute Gasteiger partial charge is 0.160 e. The summed E-state index contributed by atoms with van der Waals surface area (Å²) in [5.41, 5.74) is 18.9. The van der Waals surface area contributed by atoms with Crippen LogP contribution in [0.5, 0.6) is 5.75 Å². The fraction of sp³-hybridized carbons (Fsp3) is 0.111. The molecule has 0 radical (unpaired) electrons. The maximum absolute atomic E-state index is 6.78. The number of para-hydroxylation sites is 1. The Hall–Kier alpha value is -6.84. The van der Waals surface area contributed by atoms with E-state index in [1.165, 1.54) is 61.2 Å². The Kier molecular flexibility index (Phi) is 7.16. The maximum Gasteiger partial charge on any atom is 0.160 e. The highest BCUT2D eigenvalue weighted by Gasteiger charge is 2.52. The molecule has 3 nitrogen and oxygen atoms in total. The highest BCUT2D eigenvalue weighted by Crippen LogP contribution is 2.62. The quantitative estimate of drug-likeness (QED) is 0.181. The lowest BCUT2D eigenvalue weighted by atomic mass is 9.64. The van der Waals surface area contributed by atoms with Crippen molar-refractivity contribution in [1.82, 2.24) is 9.97 Å². The normalized spacial score (nSPS) is 16.6. The summed E-state index contributed by atoms with van der Waals surface area (Å²) < 4.78 is 6.78. The molecule has 0 atom stereocenters. The van der Waals surface area contributed by atoms with Crippen LogP contribution >= 0.6 is 0 Å². The fourth-order valence-electron chi connectivity index (χ4n) is 10.3. The Balaban J connectivity index is 0.965. The first kappa shape index (κ1) is 32.4. The molecule has 270 valence electrons. The molecular formula is C54H38N2O. The van der Waals surface area contributed by atoms with E-state index in [1.807, 2.05) is 6.07 Å². The Morgan fingerprint density at radius 1 is 0.526 bits per heavy atom. The number of hydrogen-bond donors (Lipinski definition) is 0. The van der Waals surface area contributed by atoms with Gasteiger partial charge < -0.3 is 4.74 Å². The Bertz CT molecular complexity index is 2850. The SMILES string of the molecule is C1=Cc2cc(-c3cc(-c4ccc(C5=CC6=C(CC5)Oc5ccccc5C65c6ccccc6-c6ccccc65)cc4)nc(-c4ccccc4)n3)cc3c2C(C1)CC=C3. The number of ether oxygens (including phenoxy) is 1. The van der Waals surface area contributed by atoms with Crippen LogP contribution in [0.4, 0.5) is 0 Å². The van der Waals surface area contributed by atoms with Gasteiger partial charge in [0.05, 0.1) is 16.8 Å². The minimum atomic E-state index is -0.449. The van der Waals surface area contributed by atoms with Gasteiger partial charge in [0, 0.05) is 34.2 Å². The van der Waals surface area contributed by atoms with Crippen LogP contribution in [0.1, 0.15) is 70.5 Å². The number of fused-ring (bicyclic) bond motifs is 8. The zero-order valence-electron chi connectivity index (χ0n) is 31.5. The minimum Gasteiger partial charge on any atom is -0.461 e. The number of rotatable bonds is 4. The van der Waals surface area contributed by atoms with E-state index in [4.69, 9.17) is 14.7 Å². The van der Waals surface area contributed by atoms with Crippen LogP contribution in [0, 0.1) is 0 Å². The van der Waals surface area contributed by atoms with Crippen molar-refractivity contribution in [3.63, 3.8) is 0 Å². The van der Waals surface area contributed by atoms with Gasteiger partial charge in [-0.1, -0.05) is 152 Å². The van der Waals surface area contributed by atoms with Crippen LogP contribution in [0.25, 0.3) is 62.8 Å². The molecule has 7 aromatic rings. The molecule has 3 heteroatoms. The van der Waals surface area contributed by atoms with E-state index < -0.39 is 5.41 Å². The Morgan fingerprint density at radius 3 is 1.82 bits per heavy atom. The van der Waals surface area contributed by atoms with Crippen LogP contribution in [-0.2, 0) is 5.41 Å². The van der Waals surface area contributed by atoms with Gasteiger partial charge in [0.15, 0.2) is 5.82 Å². The third kappa shape index (κ3) is 4.91. The van der Waals surface area contributed by atoms with Gasteiger partial charge in [-0.05, 0) is 99.5 Å². The molecule has 12 rings (SSSR count). The Morgan fingerprint density at radius 2 is 1.12 bits per heavy atom. The highest BCUT2D eigenvalue weighted by molar-refractivity contribution is 5.90. The lowest BCUT2D eigenvalue weighted by Crippen LogP contribution is -2.35. The summed E-state index contributed by atoms with van der Waals surface area (Å²) in [4.78, 5) is 10.4. The maximum atomic E-state index is 6.78. The van der Waals surface area contributed by atoms with Crippen molar-refractivity contribution in [1.29, 1.82) is 0 Å². The van der Waals surface area contributed by atoms with Crippen LogP contribution < -0.4 is 4.74 Å². The molecule has 0 amide bonds. The van der Waals surface area contributed by atoms with Crippen LogP contribution in [-0.4, -0.2) is 9.97 Å². The van der Waals surface area contributed by atoms with Gasteiger partial charge in [0.1, 0.15) is 11.5 Å². The fourth-order valence-corrected chi connectivity index (χ4v) is 10.3. The molecule has 0 bridgehead atoms. The highest BCUT2D eigenvalue weighted by atomic mass is 16.5. The van der Waals surface area contributed by atoms with Crippen molar-refractivity contribution >= 4 is 17.7 Å². The van der Waals surface area contributed by atoms with Gasteiger partial charge >= 0.3 is 0 Å². The second-order valence-corrected chi connectivity index (χ2v) is 15.9. The number of benzene rings is 6. The molecule has 1 spiro atoms. The molecule has 1 aromatic heterocycles. The lowest BCUT2D eigenvalue weighted by molar-refractivity contribution is 0.365. The molecule has 0 saturated carbocycles. The standard InChI is InChI=1S/C54H38N2O/c1-2-12-37(13-3-1)53-55-48(33-49(56-53)41-30-39-16-10-14-36-15-11-17-40(31-41)52(36)39)35-26-24-34(25-27-35)38-28-29-51-47(32-38)54(46-22-8-9-23-50(46)57-51)44-20-6-4-18-42(44)43-19-5-7-21-45(43)54/h1-13,16-27,30-33,36H,14-15,28-29H2. The van der Waals surface area contributed by atoms with E-state index in [9.17, 15) is 0 Å². The summed E-state index contributed by atoms with van der Waals surface area (Å²) in [6.07, 6.45) is 15.6. The van der Waals surface area contributed by atoms with E-state index in [0.29, 0.717) is 5.92 Å². The van der Waals surface area contributed by atoms with Gasteiger partial charge in [-0.25, -0.2) is 9.97 Å². The van der Waals surface area contributed by atoms with Gasteiger partial charge in [-0.3, -0.25) is 0 Å². The van der Waals surface area contributed by atoms with Gasteiger partial charge in [-0.15, -0.1) is 0 Å². The number of hydrogen-bond acceptors (Lipinski definition) is 3. The summed E-state index contributed by atoms with van der Waals surface area (Å²) in [5.74, 6) is 3.32. The van der Waals surface area contributed by atoms with Crippen molar-refractivity contribution in [2.24, 2.45) is 0 Å². The first-order valence-electron chi connectivity index (χ1n) is 20.2. The van der Waals surface area contributed by atoms with Gasteiger partial charge in [0.2, 0.25) is 0 Å². The molecule has 2 heterocycles. The topological polar surface area (TPSA) is 35.0 Å². The average molecular weight is 731 g/mol. The summed E-state index contributed by atoms with van der Waals surface area (Å²) in [5, 5.41) is 0.